The molecule has 1 aliphatic carbocycles. The highest BCUT2D eigenvalue weighted by Gasteiger charge is 2.42. The number of hydrogen-bond acceptors (Lipinski definition) is 15. The van der Waals surface area contributed by atoms with Crippen LogP contribution in [0, 0.1) is 0 Å². The molecule has 4 aromatic carbocycles. The van der Waals surface area contributed by atoms with Crippen molar-refractivity contribution < 1.29 is 71.8 Å². The molecule has 0 spiro atoms. The number of aromatic hydroxyl groups is 2. The Morgan fingerprint density at radius 1 is 0.293 bits per heavy atom. The predicted octanol–water partition coefficient (Wildman–Crippen LogP) is 13.0. The largest absolute Gasteiger partial charge is 0.502 e. The second-order valence-corrected chi connectivity index (χ2v) is 20.6. The zero-order valence-corrected chi connectivity index (χ0v) is 44.6. The lowest BCUT2D eigenvalue weighted by Gasteiger charge is -2.36. The van der Waals surface area contributed by atoms with Crippen LogP contribution in [0.3, 0.4) is 0 Å². The predicted molar refractivity (Wildman–Crippen MR) is 281 cm³/mol. The number of fused-ring (bicyclic) bond motifs is 2. The average Bonchev–Trinajstić information content (AvgIpc) is 3.40. The Morgan fingerprint density at radius 2 is 0.520 bits per heavy atom. The maximum Gasteiger partial charge on any atom is 0.231 e. The number of unbranched alkanes of at least 4 members (excludes halogenated alkanes) is 8. The van der Waals surface area contributed by atoms with Crippen molar-refractivity contribution in [1.82, 2.24) is 0 Å². The van der Waals surface area contributed by atoms with E-state index in [4.69, 9.17) is 61.6 Å². The van der Waals surface area contributed by atoms with Gasteiger partial charge in [-0.3, -0.25) is 0 Å². The van der Waals surface area contributed by atoms with Crippen LogP contribution in [-0.2, 0) is 14.2 Å². The molecule has 15 nitrogen and oxygen atoms in total. The van der Waals surface area contributed by atoms with Gasteiger partial charge in [-0.15, -0.1) is 0 Å². The molecule has 0 radical (unpaired) electrons. The Hall–Kier alpha value is -5.64. The molecular formula is C60H78O15. The van der Waals surface area contributed by atoms with Crippen LogP contribution in [0.25, 0.3) is 0 Å². The monoisotopic (exact) mass is 1040 g/mol. The molecule has 408 valence electrons. The van der Waals surface area contributed by atoms with Crippen molar-refractivity contribution in [3.63, 3.8) is 0 Å². The number of benzene rings is 4. The molecule has 0 amide bonds. The molecule has 0 saturated heterocycles. The summed E-state index contributed by atoms with van der Waals surface area (Å²) in [6.07, 6.45) is 14.4. The molecule has 2 atom stereocenters. The van der Waals surface area contributed by atoms with Crippen molar-refractivity contribution in [2.45, 2.75) is 154 Å². The third kappa shape index (κ3) is 10.9. The summed E-state index contributed by atoms with van der Waals surface area (Å²) >= 11 is 0. The van der Waals surface area contributed by atoms with Crippen molar-refractivity contribution in [2.24, 2.45) is 0 Å². The fourth-order valence-corrected chi connectivity index (χ4v) is 12.1. The Morgan fingerprint density at radius 3 is 0.773 bits per heavy atom. The first-order valence-corrected chi connectivity index (χ1v) is 28.2. The number of phenols is 2. The second-order valence-electron chi connectivity index (χ2n) is 20.6. The Bertz CT molecular complexity index is 2430. The van der Waals surface area contributed by atoms with Crippen molar-refractivity contribution in [3.8, 4) is 69.0 Å². The van der Waals surface area contributed by atoms with Crippen LogP contribution in [0.5, 0.6) is 69.0 Å². The number of hydrogen-bond donors (Lipinski definition) is 2. The molecular weight excluding hydrogens is 961 g/mol. The van der Waals surface area contributed by atoms with Crippen LogP contribution in [-0.4, -0.2) is 90.2 Å². The standard InChI is InChI=1S/C60H78O15/c1-5-9-13-17-37-41-29-43-38(18-14-10-6-2)45-31-47-40(20-16-12-8-4)48-32-46-39(19-15-11-7-3)44-30-42(37)52-50(62)54(44)71-35-73-56(46)60-58(48)75-36-74-57(47)59(66-27-25-64-23-21-63-22-24-65-26-28-67-60)55(45)72-34-70-53(43)49(61)51(41)68-33-69-52/h29-32,37-40,61-62H,5-28,33-36H2,1-4H3. The van der Waals surface area contributed by atoms with E-state index in [1.54, 1.807) is 0 Å². The first kappa shape index (κ1) is 52.8. The summed E-state index contributed by atoms with van der Waals surface area (Å²) in [7, 11) is 0. The van der Waals surface area contributed by atoms with Crippen LogP contribution < -0.4 is 47.4 Å². The molecule has 0 aromatic heterocycles. The molecule has 6 aliphatic rings. The molecule has 5 aliphatic heterocycles. The normalized spacial score (nSPS) is 20.7. The molecule has 75 heavy (non-hydrogen) atoms. The van der Waals surface area contributed by atoms with E-state index in [-0.39, 0.29) is 94.4 Å². The van der Waals surface area contributed by atoms with Gasteiger partial charge in [0.15, 0.2) is 46.0 Å². The smallest absolute Gasteiger partial charge is 0.231 e. The summed E-state index contributed by atoms with van der Waals surface area (Å²) < 4.78 is 85.5. The van der Waals surface area contributed by atoms with E-state index >= 15 is 0 Å². The summed E-state index contributed by atoms with van der Waals surface area (Å²) in [5, 5.41) is 25.5. The van der Waals surface area contributed by atoms with Crippen molar-refractivity contribution in [2.75, 3.05) is 80.0 Å². The van der Waals surface area contributed by atoms with Crippen molar-refractivity contribution in [3.05, 3.63) is 68.8 Å². The van der Waals surface area contributed by atoms with Gasteiger partial charge < -0.3 is 71.8 Å². The van der Waals surface area contributed by atoms with Crippen LogP contribution in [0.4, 0.5) is 0 Å². The first-order chi connectivity index (χ1) is 37.0. The minimum Gasteiger partial charge on any atom is -0.502 e. The van der Waals surface area contributed by atoms with Gasteiger partial charge in [-0.25, -0.2) is 0 Å². The molecule has 10 rings (SSSR count). The summed E-state index contributed by atoms with van der Waals surface area (Å²) in [6, 6.07) is 8.95. The summed E-state index contributed by atoms with van der Waals surface area (Å²) in [4.78, 5) is 0. The number of phenolic OH excluding ortho intramolecular Hbond substituents is 2. The lowest BCUT2D eigenvalue weighted by atomic mass is 9.75. The Labute approximate surface area is 442 Å². The lowest BCUT2D eigenvalue weighted by Crippen LogP contribution is -2.24. The lowest BCUT2D eigenvalue weighted by molar-refractivity contribution is 0.00329. The zero-order valence-electron chi connectivity index (χ0n) is 44.6. The molecule has 12 bridgehead atoms. The van der Waals surface area contributed by atoms with Gasteiger partial charge in [0.1, 0.15) is 13.2 Å². The summed E-state index contributed by atoms with van der Waals surface area (Å²) in [5.41, 5.74) is 6.89. The minimum absolute atomic E-state index is 0.110. The van der Waals surface area contributed by atoms with Gasteiger partial charge in [-0.05, 0) is 49.9 Å². The quantitative estimate of drug-likeness (QED) is 0.102. The zero-order chi connectivity index (χ0) is 51.7. The van der Waals surface area contributed by atoms with E-state index in [0.29, 0.717) is 91.7 Å². The first-order valence-electron chi connectivity index (χ1n) is 28.2. The minimum atomic E-state index is -0.390. The van der Waals surface area contributed by atoms with Gasteiger partial charge in [0.2, 0.25) is 50.2 Å². The van der Waals surface area contributed by atoms with Crippen LogP contribution in [0.1, 0.15) is 199 Å². The molecule has 4 aromatic rings. The third-order valence-corrected chi connectivity index (χ3v) is 15.7. The van der Waals surface area contributed by atoms with Crippen LogP contribution >= 0.6 is 0 Å². The number of rotatable bonds is 16. The van der Waals surface area contributed by atoms with E-state index in [0.717, 1.165) is 128 Å². The number of ether oxygens (including phenoxy) is 13. The maximum atomic E-state index is 12.8. The van der Waals surface area contributed by atoms with E-state index in [9.17, 15) is 10.2 Å². The molecule has 5 heterocycles. The third-order valence-electron chi connectivity index (χ3n) is 15.7. The van der Waals surface area contributed by atoms with Gasteiger partial charge in [-0.2, -0.15) is 0 Å². The molecule has 2 unspecified atom stereocenters. The summed E-state index contributed by atoms with van der Waals surface area (Å²) in [6.45, 7) is 10.4. The average molecular weight is 1040 g/mol. The van der Waals surface area contributed by atoms with E-state index in [2.05, 4.69) is 52.0 Å². The molecule has 0 fully saturated rings. The SMILES string of the molecule is CCCCCC1c2cc3c4c(O)c2OCOc2c1cc1c(c2O)OCOc2c(cc5c6c2OCCOCCOCCOCCOc2c(c(cc(c2OCO6)C5CCCCC)C3CCCCC)OCO4)C1CCCCC. The van der Waals surface area contributed by atoms with E-state index < -0.39 is 5.92 Å². The topological polar surface area (TPSA) is 160 Å². The van der Waals surface area contributed by atoms with Crippen molar-refractivity contribution in [1.29, 1.82) is 0 Å². The van der Waals surface area contributed by atoms with Crippen molar-refractivity contribution >= 4 is 0 Å². The highest BCUT2D eigenvalue weighted by atomic mass is 16.7. The van der Waals surface area contributed by atoms with Gasteiger partial charge in [0.25, 0.3) is 0 Å². The van der Waals surface area contributed by atoms with Gasteiger partial charge in [-0.1, -0.05) is 105 Å². The fraction of sp³-hybridized carbons (Fsp3) is 0.600. The van der Waals surface area contributed by atoms with Gasteiger partial charge in [0.05, 0.1) is 39.6 Å². The van der Waals surface area contributed by atoms with Gasteiger partial charge in [0, 0.05) is 68.2 Å². The molecule has 15 heteroatoms. The fourth-order valence-electron chi connectivity index (χ4n) is 12.1. The van der Waals surface area contributed by atoms with Crippen LogP contribution in [0.15, 0.2) is 24.3 Å². The van der Waals surface area contributed by atoms with E-state index in [1.807, 2.05) is 0 Å². The van der Waals surface area contributed by atoms with Crippen LogP contribution in [0.2, 0.25) is 0 Å². The second kappa shape index (κ2) is 25.0. The molecule has 0 saturated carbocycles. The Balaban J connectivity index is 1.35. The highest BCUT2D eigenvalue weighted by molar-refractivity contribution is 5.73. The highest BCUT2D eigenvalue weighted by Crippen LogP contribution is 2.62. The van der Waals surface area contributed by atoms with E-state index in [1.165, 1.54) is 0 Å². The maximum absolute atomic E-state index is 12.8. The molecule has 2 N–H and O–H groups in total. The van der Waals surface area contributed by atoms with Gasteiger partial charge >= 0.3 is 0 Å². The Kier molecular flexibility index (Phi) is 17.6. The summed E-state index contributed by atoms with van der Waals surface area (Å²) in [5.74, 6) is 2.51.